The molecule has 1 aromatic rings. The largest absolute Gasteiger partial charge is 0.224 e. The first-order chi connectivity index (χ1) is 7.17. The van der Waals surface area contributed by atoms with Crippen LogP contribution in [0.4, 0.5) is 0 Å². The van der Waals surface area contributed by atoms with Crippen molar-refractivity contribution in [3.63, 3.8) is 0 Å². The number of benzene rings is 1. The van der Waals surface area contributed by atoms with E-state index >= 15 is 0 Å². The molecule has 0 heterocycles. The lowest BCUT2D eigenvalue weighted by molar-refractivity contribution is 0.591. The van der Waals surface area contributed by atoms with Crippen molar-refractivity contribution in [1.82, 2.24) is 0 Å². The fourth-order valence-electron chi connectivity index (χ4n) is 1.31. The van der Waals surface area contributed by atoms with Crippen molar-refractivity contribution in [3.8, 4) is 0 Å². The Kier molecular flexibility index (Phi) is 5.32. The number of unbranched alkanes of at least 4 members (excludes halogenated alkanes) is 2. The molecule has 0 aliphatic heterocycles. The molecule has 0 saturated heterocycles. The molecule has 0 saturated carbocycles. The van der Waals surface area contributed by atoms with Crippen molar-refractivity contribution in [3.05, 3.63) is 30.3 Å². The van der Waals surface area contributed by atoms with Crippen molar-refractivity contribution in [2.75, 3.05) is 11.1 Å². The Morgan fingerprint density at radius 2 is 1.67 bits per heavy atom. The average molecular weight is 291 g/mol. The molecule has 0 fully saturated rings. The van der Waals surface area contributed by atoms with Crippen molar-refractivity contribution < 1.29 is 8.42 Å². The molecule has 84 valence electrons. The van der Waals surface area contributed by atoms with E-state index in [1.807, 2.05) is 6.07 Å². The number of hydrogen-bond acceptors (Lipinski definition) is 2. The highest BCUT2D eigenvalue weighted by molar-refractivity contribution is 9.09. The van der Waals surface area contributed by atoms with Crippen LogP contribution in [0.2, 0.25) is 0 Å². The second-order valence-electron chi connectivity index (χ2n) is 3.38. The van der Waals surface area contributed by atoms with Crippen LogP contribution in [-0.4, -0.2) is 19.5 Å². The summed E-state index contributed by atoms with van der Waals surface area (Å²) in [6.07, 6.45) is 2.73. The third kappa shape index (κ3) is 4.34. The Bertz CT molecular complexity index is 373. The van der Waals surface area contributed by atoms with E-state index in [1.165, 1.54) is 0 Å². The van der Waals surface area contributed by atoms with E-state index in [-0.39, 0.29) is 5.75 Å². The molecule has 0 unspecified atom stereocenters. The van der Waals surface area contributed by atoms with Crippen LogP contribution < -0.4 is 0 Å². The number of alkyl halides is 1. The molecule has 0 aliphatic carbocycles. The first kappa shape index (κ1) is 12.7. The second kappa shape index (κ2) is 6.28. The highest BCUT2D eigenvalue weighted by atomic mass is 79.9. The third-order valence-corrected chi connectivity index (χ3v) is 4.53. The van der Waals surface area contributed by atoms with Crippen LogP contribution in [0.25, 0.3) is 0 Å². The molecular formula is C11H15BrO2S. The van der Waals surface area contributed by atoms with Gasteiger partial charge in [-0.1, -0.05) is 40.5 Å². The summed E-state index contributed by atoms with van der Waals surface area (Å²) in [6.45, 7) is 0. The molecule has 0 radical (unpaired) electrons. The summed E-state index contributed by atoms with van der Waals surface area (Å²) >= 11 is 3.33. The quantitative estimate of drug-likeness (QED) is 0.596. The number of hydrogen-bond donors (Lipinski definition) is 0. The van der Waals surface area contributed by atoms with Gasteiger partial charge in [-0.25, -0.2) is 8.42 Å². The lowest BCUT2D eigenvalue weighted by atomic mass is 10.3. The zero-order valence-electron chi connectivity index (χ0n) is 8.52. The Morgan fingerprint density at radius 3 is 2.27 bits per heavy atom. The first-order valence-corrected chi connectivity index (χ1v) is 7.78. The first-order valence-electron chi connectivity index (χ1n) is 5.00. The predicted octanol–water partition coefficient (Wildman–Crippen LogP) is 3.03. The smallest absolute Gasteiger partial charge is 0.178 e. The van der Waals surface area contributed by atoms with Crippen LogP contribution in [0.5, 0.6) is 0 Å². The number of sulfone groups is 1. The van der Waals surface area contributed by atoms with Crippen LogP contribution in [0.3, 0.4) is 0 Å². The Morgan fingerprint density at radius 1 is 1.00 bits per heavy atom. The van der Waals surface area contributed by atoms with Crippen molar-refractivity contribution >= 4 is 25.8 Å². The molecule has 0 aromatic heterocycles. The molecule has 1 rings (SSSR count). The van der Waals surface area contributed by atoms with Gasteiger partial charge in [-0.3, -0.25) is 0 Å². The Labute approximate surface area is 99.7 Å². The minimum Gasteiger partial charge on any atom is -0.224 e. The summed E-state index contributed by atoms with van der Waals surface area (Å²) in [5.41, 5.74) is 0. The molecular weight excluding hydrogens is 276 g/mol. The van der Waals surface area contributed by atoms with Crippen LogP contribution >= 0.6 is 15.9 Å². The van der Waals surface area contributed by atoms with Crippen LogP contribution in [0.1, 0.15) is 19.3 Å². The topological polar surface area (TPSA) is 34.1 Å². The molecule has 15 heavy (non-hydrogen) atoms. The van der Waals surface area contributed by atoms with E-state index in [9.17, 15) is 8.42 Å². The van der Waals surface area contributed by atoms with E-state index in [2.05, 4.69) is 15.9 Å². The van der Waals surface area contributed by atoms with Gasteiger partial charge in [0, 0.05) is 5.33 Å². The molecule has 1 aromatic carbocycles. The summed E-state index contributed by atoms with van der Waals surface area (Å²) < 4.78 is 23.6. The molecule has 0 atom stereocenters. The third-order valence-electron chi connectivity index (χ3n) is 2.15. The molecule has 0 bridgehead atoms. The van der Waals surface area contributed by atoms with E-state index in [0.717, 1.165) is 24.6 Å². The van der Waals surface area contributed by atoms with Gasteiger partial charge in [-0.15, -0.1) is 0 Å². The summed E-state index contributed by atoms with van der Waals surface area (Å²) in [5, 5.41) is 0.943. The van der Waals surface area contributed by atoms with E-state index in [1.54, 1.807) is 24.3 Å². The molecule has 0 aliphatic rings. The highest BCUT2D eigenvalue weighted by Gasteiger charge is 2.12. The lowest BCUT2D eigenvalue weighted by Crippen LogP contribution is -2.06. The maximum Gasteiger partial charge on any atom is 0.178 e. The SMILES string of the molecule is O=S(=O)(CCCCCBr)c1ccccc1. The monoisotopic (exact) mass is 290 g/mol. The predicted molar refractivity (Wildman–Crippen MR) is 66.1 cm³/mol. The molecule has 4 heteroatoms. The molecule has 0 amide bonds. The fourth-order valence-corrected chi connectivity index (χ4v) is 3.10. The van der Waals surface area contributed by atoms with E-state index in [4.69, 9.17) is 0 Å². The molecule has 0 spiro atoms. The van der Waals surface area contributed by atoms with Gasteiger partial charge in [-0.05, 0) is 25.0 Å². The highest BCUT2D eigenvalue weighted by Crippen LogP contribution is 2.12. The summed E-state index contributed by atoms with van der Waals surface area (Å²) in [7, 11) is -3.06. The van der Waals surface area contributed by atoms with Gasteiger partial charge >= 0.3 is 0 Å². The van der Waals surface area contributed by atoms with Crippen LogP contribution in [-0.2, 0) is 9.84 Å². The van der Waals surface area contributed by atoms with Crippen LogP contribution in [0.15, 0.2) is 35.2 Å². The summed E-state index contributed by atoms with van der Waals surface area (Å²) in [5.74, 6) is 0.254. The van der Waals surface area contributed by atoms with E-state index in [0.29, 0.717) is 4.90 Å². The maximum atomic E-state index is 11.8. The van der Waals surface area contributed by atoms with Gasteiger partial charge < -0.3 is 0 Å². The molecule has 0 N–H and O–H groups in total. The van der Waals surface area contributed by atoms with Gasteiger partial charge in [0.25, 0.3) is 0 Å². The van der Waals surface area contributed by atoms with Gasteiger partial charge in [0.1, 0.15) is 0 Å². The Balaban J connectivity index is 2.53. The summed E-state index contributed by atoms with van der Waals surface area (Å²) in [6, 6.07) is 8.64. The van der Waals surface area contributed by atoms with Gasteiger partial charge in [-0.2, -0.15) is 0 Å². The fraction of sp³-hybridized carbons (Fsp3) is 0.455. The van der Waals surface area contributed by atoms with Crippen molar-refractivity contribution in [1.29, 1.82) is 0 Å². The minimum absolute atomic E-state index is 0.254. The van der Waals surface area contributed by atoms with Crippen LogP contribution in [0, 0.1) is 0 Å². The minimum atomic E-state index is -3.06. The normalized spacial score (nSPS) is 11.5. The lowest BCUT2D eigenvalue weighted by Gasteiger charge is -2.03. The summed E-state index contributed by atoms with van der Waals surface area (Å²) in [4.78, 5) is 0.434. The van der Waals surface area contributed by atoms with Gasteiger partial charge in [0.05, 0.1) is 10.6 Å². The van der Waals surface area contributed by atoms with Gasteiger partial charge in [0.15, 0.2) is 9.84 Å². The number of halogens is 1. The van der Waals surface area contributed by atoms with Gasteiger partial charge in [0.2, 0.25) is 0 Å². The number of rotatable bonds is 6. The standard InChI is InChI=1S/C11H15BrO2S/c12-9-5-2-6-10-15(13,14)11-7-3-1-4-8-11/h1,3-4,7-8H,2,5-6,9-10H2. The zero-order chi connectivity index (χ0) is 11.1. The van der Waals surface area contributed by atoms with Crippen molar-refractivity contribution in [2.24, 2.45) is 0 Å². The van der Waals surface area contributed by atoms with Crippen molar-refractivity contribution in [2.45, 2.75) is 24.2 Å². The maximum absolute atomic E-state index is 11.8. The van der Waals surface area contributed by atoms with E-state index < -0.39 is 9.84 Å². The second-order valence-corrected chi connectivity index (χ2v) is 6.28. The average Bonchev–Trinajstić information content (AvgIpc) is 2.26. The Hall–Kier alpha value is -0.350. The zero-order valence-corrected chi connectivity index (χ0v) is 10.9. The molecule has 2 nitrogen and oxygen atoms in total.